The van der Waals surface area contributed by atoms with Gasteiger partial charge >= 0.3 is 0 Å². The third kappa shape index (κ3) is 4.72. The lowest BCUT2D eigenvalue weighted by molar-refractivity contribution is 1.28. The van der Waals surface area contributed by atoms with Crippen molar-refractivity contribution >= 4 is 122 Å². The van der Waals surface area contributed by atoms with Crippen LogP contribution < -0.4 is 9.80 Å². The van der Waals surface area contributed by atoms with E-state index in [0.29, 0.717) is 11.4 Å². The molecule has 0 radical (unpaired) electrons. The molecule has 13 aromatic rings. The molecule has 6 nitrogen and oxygen atoms in total. The summed E-state index contributed by atoms with van der Waals surface area (Å²) in [6.45, 7) is 15.8. The molecule has 286 valence electrons. The van der Waals surface area contributed by atoms with Crippen molar-refractivity contribution in [3.05, 3.63) is 217 Å². The third-order valence-electron chi connectivity index (χ3n) is 12.7. The fraction of sp³-hybridized carbons (Fsp3) is 0. The lowest BCUT2D eigenvalue weighted by Crippen LogP contribution is -2.09. The van der Waals surface area contributed by atoms with E-state index >= 15 is 0 Å². The fourth-order valence-electron chi connectivity index (χ4n) is 10.1. The summed E-state index contributed by atoms with van der Waals surface area (Å²) in [5.41, 5.74) is 14.2. The van der Waals surface area contributed by atoms with E-state index in [1.54, 1.807) is 0 Å². The molecule has 0 aliphatic carbocycles. The number of nitrogens with zero attached hydrogens (tertiary/aromatic N) is 6. The first-order chi connectivity index (χ1) is 30.7. The zero-order valence-electron chi connectivity index (χ0n) is 33.2. The molecule has 0 aliphatic rings. The number of aromatic nitrogens is 2. The van der Waals surface area contributed by atoms with Crippen LogP contribution in [0.1, 0.15) is 0 Å². The maximum atomic E-state index is 8.08. The summed E-state index contributed by atoms with van der Waals surface area (Å²) in [5, 5.41) is 8.78. The zero-order valence-corrected chi connectivity index (χ0v) is 33.2. The minimum atomic E-state index is 0.589. The molecule has 0 saturated carbocycles. The summed E-state index contributed by atoms with van der Waals surface area (Å²) < 4.78 is 4.80. The van der Waals surface area contributed by atoms with Crippen LogP contribution in [0, 0.1) is 13.1 Å². The first-order valence-corrected chi connectivity index (χ1v) is 20.7. The quantitative estimate of drug-likeness (QED) is 0.157. The molecule has 0 N–H and O–H groups in total. The van der Waals surface area contributed by atoms with Crippen LogP contribution in [0.3, 0.4) is 0 Å². The SMILES string of the molecule is [C-]#[N+]c1ccc2c(c1)c1cc([N+]#[C-])cc3c4cc5c6cc(N(c7ccccc7)c7ccccc7)cc7c8cc(N(c9ccccc9)c9ccccc9)ccc8n(c5cc4n2c13)c76. The molecule has 6 heteroatoms. The molecule has 0 aliphatic heterocycles. The number of fused-ring (bicyclic) bond motifs is 12. The predicted octanol–water partition coefficient (Wildman–Crippen LogP) is 16.0. The molecule has 13 rings (SSSR count). The van der Waals surface area contributed by atoms with Crippen LogP contribution >= 0.6 is 0 Å². The predicted molar refractivity (Wildman–Crippen MR) is 258 cm³/mol. The van der Waals surface area contributed by atoms with Crippen molar-refractivity contribution in [3.8, 4) is 0 Å². The van der Waals surface area contributed by atoms with Gasteiger partial charge in [0.05, 0.1) is 46.2 Å². The third-order valence-corrected chi connectivity index (χ3v) is 12.7. The zero-order chi connectivity index (χ0) is 41.1. The number of hydrogen-bond acceptors (Lipinski definition) is 2. The molecule has 0 bridgehead atoms. The highest BCUT2D eigenvalue weighted by atomic mass is 15.1. The molecule has 62 heavy (non-hydrogen) atoms. The second kappa shape index (κ2) is 12.8. The van der Waals surface area contributed by atoms with E-state index in [4.69, 9.17) is 13.1 Å². The lowest BCUT2D eigenvalue weighted by Gasteiger charge is -2.26. The van der Waals surface area contributed by atoms with Gasteiger partial charge in [0.25, 0.3) is 0 Å². The van der Waals surface area contributed by atoms with Gasteiger partial charge in [-0.25, -0.2) is 9.69 Å². The summed E-state index contributed by atoms with van der Waals surface area (Å²) >= 11 is 0. The van der Waals surface area contributed by atoms with Gasteiger partial charge in [-0.3, -0.25) is 0 Å². The van der Waals surface area contributed by atoms with Crippen LogP contribution in [0.4, 0.5) is 45.5 Å². The topological polar surface area (TPSA) is 24.0 Å². The molecule has 0 amide bonds. The largest absolute Gasteiger partial charge is 0.310 e. The van der Waals surface area contributed by atoms with Gasteiger partial charge in [0, 0.05) is 61.1 Å². The highest BCUT2D eigenvalue weighted by molar-refractivity contribution is 6.30. The van der Waals surface area contributed by atoms with Gasteiger partial charge in [0.2, 0.25) is 0 Å². The monoisotopic (exact) mass is 788 g/mol. The van der Waals surface area contributed by atoms with Crippen LogP contribution in [0.15, 0.2) is 194 Å². The Morgan fingerprint density at radius 3 is 1.13 bits per heavy atom. The summed E-state index contributed by atoms with van der Waals surface area (Å²) in [4.78, 5) is 12.4. The van der Waals surface area contributed by atoms with Crippen LogP contribution in [0.25, 0.3) is 85.9 Å². The van der Waals surface area contributed by atoms with Crippen molar-refractivity contribution in [1.29, 1.82) is 0 Å². The van der Waals surface area contributed by atoms with Crippen molar-refractivity contribution in [2.24, 2.45) is 0 Å². The Hall–Kier alpha value is -8.84. The number of benzene rings is 9. The normalized spacial score (nSPS) is 11.8. The molecule has 0 fully saturated rings. The lowest BCUT2D eigenvalue weighted by atomic mass is 10.0. The summed E-state index contributed by atoms with van der Waals surface area (Å²) in [7, 11) is 0. The summed E-state index contributed by atoms with van der Waals surface area (Å²) in [5.74, 6) is 0. The first-order valence-electron chi connectivity index (χ1n) is 20.7. The van der Waals surface area contributed by atoms with Crippen molar-refractivity contribution in [2.45, 2.75) is 0 Å². The maximum Gasteiger partial charge on any atom is 0.188 e. The van der Waals surface area contributed by atoms with E-state index in [1.165, 1.54) is 10.9 Å². The van der Waals surface area contributed by atoms with Gasteiger partial charge in [-0.15, -0.1) is 0 Å². The highest BCUT2D eigenvalue weighted by Gasteiger charge is 2.26. The number of hydrogen-bond donors (Lipinski definition) is 0. The Labute approximate surface area is 355 Å². The Kier molecular flexibility index (Phi) is 7.05. The Morgan fingerprint density at radius 1 is 0.290 bits per heavy atom. The average molecular weight is 789 g/mol. The van der Waals surface area contributed by atoms with Crippen molar-refractivity contribution in [3.63, 3.8) is 0 Å². The van der Waals surface area contributed by atoms with Crippen LogP contribution in [0.2, 0.25) is 0 Å². The summed E-state index contributed by atoms with van der Waals surface area (Å²) in [6.07, 6.45) is 0. The number of rotatable bonds is 6. The van der Waals surface area contributed by atoms with Gasteiger partial charge in [-0.2, -0.15) is 0 Å². The van der Waals surface area contributed by atoms with Crippen molar-refractivity contribution < 1.29 is 0 Å². The second-order valence-corrected chi connectivity index (χ2v) is 16.0. The average Bonchev–Trinajstić information content (AvgIpc) is 4.05. The molecule has 4 heterocycles. The molecular weight excluding hydrogens is 757 g/mol. The van der Waals surface area contributed by atoms with Gasteiger partial charge in [-0.1, -0.05) is 78.9 Å². The number of anilines is 6. The van der Waals surface area contributed by atoms with E-state index in [0.717, 1.165) is 99.4 Å². The van der Waals surface area contributed by atoms with Gasteiger partial charge in [-0.05, 0) is 131 Å². The maximum absolute atomic E-state index is 8.08. The Morgan fingerprint density at radius 2 is 0.661 bits per heavy atom. The summed E-state index contributed by atoms with van der Waals surface area (Å²) in [6, 6.07) is 68.6. The van der Waals surface area contributed by atoms with E-state index in [2.05, 4.69) is 198 Å². The van der Waals surface area contributed by atoms with Crippen molar-refractivity contribution in [2.75, 3.05) is 9.80 Å². The minimum absolute atomic E-state index is 0.589. The molecule has 0 unspecified atom stereocenters. The van der Waals surface area contributed by atoms with E-state index in [9.17, 15) is 0 Å². The molecule has 0 spiro atoms. The highest BCUT2D eigenvalue weighted by Crippen LogP contribution is 2.49. The Balaban J connectivity index is 1.18. The first kappa shape index (κ1) is 34.1. The molecule has 9 aromatic carbocycles. The van der Waals surface area contributed by atoms with Crippen LogP contribution in [-0.4, -0.2) is 8.80 Å². The van der Waals surface area contributed by atoms with Crippen molar-refractivity contribution in [1.82, 2.24) is 8.80 Å². The van der Waals surface area contributed by atoms with Gasteiger partial charge in [0.15, 0.2) is 11.4 Å². The second-order valence-electron chi connectivity index (χ2n) is 16.0. The van der Waals surface area contributed by atoms with E-state index < -0.39 is 0 Å². The molecule has 0 saturated heterocycles. The smallest absolute Gasteiger partial charge is 0.188 e. The fourth-order valence-corrected chi connectivity index (χ4v) is 10.1. The van der Waals surface area contributed by atoms with Gasteiger partial charge in [0.1, 0.15) is 0 Å². The van der Waals surface area contributed by atoms with E-state index in [-0.39, 0.29) is 0 Å². The van der Waals surface area contributed by atoms with Gasteiger partial charge < -0.3 is 18.6 Å². The van der Waals surface area contributed by atoms with Crippen LogP contribution in [0.5, 0.6) is 0 Å². The molecule has 0 atom stereocenters. The van der Waals surface area contributed by atoms with Crippen LogP contribution in [-0.2, 0) is 0 Å². The Bertz CT molecular complexity index is 3910. The molecular formula is C56H32N6. The molecule has 4 aromatic heterocycles. The van der Waals surface area contributed by atoms with E-state index in [1.807, 2.05) is 24.3 Å². The minimum Gasteiger partial charge on any atom is -0.310 e. The standard InChI is InChI=1S/C56H32N6/c1-57-35-23-25-51-43(27-35)47-28-36(58-2)29-48-45-33-46-50-32-42(60(39-19-11-5-12-20-39)40-21-13-6-14-22-40)31-49-44-30-41(59(37-15-7-3-8-16-37)38-17-9-4-10-18-38)24-26-52(44)62(56(49)50)54(46)34-53(45)61(51)55(47)48/h3-34H. The number of para-hydroxylation sites is 4.